The van der Waals surface area contributed by atoms with Gasteiger partial charge in [-0.05, 0) is 25.0 Å². The van der Waals surface area contributed by atoms with Crippen molar-refractivity contribution in [3.05, 3.63) is 30.1 Å². The maximum absolute atomic E-state index is 11.7. The molecule has 0 radical (unpaired) electrons. The standard InChI is InChI=1S/C13H18N2O2/c1-17-12(16)13(6-4-7-13)10-14-9-11-5-2-3-8-15-11/h2-3,5,8,14H,4,6-7,9-10H2,1H3. The highest BCUT2D eigenvalue weighted by Gasteiger charge is 2.44. The number of nitrogens with one attached hydrogen (secondary N) is 1. The summed E-state index contributed by atoms with van der Waals surface area (Å²) in [6.45, 7) is 1.37. The van der Waals surface area contributed by atoms with E-state index in [2.05, 4.69) is 10.3 Å². The summed E-state index contributed by atoms with van der Waals surface area (Å²) in [6, 6.07) is 5.83. The van der Waals surface area contributed by atoms with Gasteiger partial charge in [-0.3, -0.25) is 9.78 Å². The average Bonchev–Trinajstić information content (AvgIpc) is 2.33. The van der Waals surface area contributed by atoms with Crippen LogP contribution in [0.3, 0.4) is 0 Å². The van der Waals surface area contributed by atoms with Crippen molar-refractivity contribution in [2.45, 2.75) is 25.8 Å². The predicted octanol–water partition coefficient (Wildman–Crippen LogP) is 1.51. The number of carbonyl (C=O) groups is 1. The number of ether oxygens (including phenoxy) is 1. The van der Waals surface area contributed by atoms with Crippen LogP contribution >= 0.6 is 0 Å². The van der Waals surface area contributed by atoms with Crippen LogP contribution in [0.2, 0.25) is 0 Å². The highest BCUT2D eigenvalue weighted by Crippen LogP contribution is 2.41. The number of rotatable bonds is 5. The maximum Gasteiger partial charge on any atom is 0.313 e. The van der Waals surface area contributed by atoms with Crippen molar-refractivity contribution in [3.8, 4) is 0 Å². The molecule has 1 heterocycles. The molecule has 92 valence electrons. The number of esters is 1. The Morgan fingerprint density at radius 1 is 1.53 bits per heavy atom. The predicted molar refractivity (Wildman–Crippen MR) is 64.2 cm³/mol. The third-order valence-corrected chi connectivity index (χ3v) is 3.42. The van der Waals surface area contributed by atoms with Crippen molar-refractivity contribution in [2.24, 2.45) is 5.41 Å². The van der Waals surface area contributed by atoms with Gasteiger partial charge in [0, 0.05) is 19.3 Å². The monoisotopic (exact) mass is 234 g/mol. The number of methoxy groups -OCH3 is 1. The van der Waals surface area contributed by atoms with Crippen LogP contribution in [0.4, 0.5) is 0 Å². The molecule has 4 heteroatoms. The van der Waals surface area contributed by atoms with E-state index in [4.69, 9.17) is 4.74 Å². The minimum atomic E-state index is -0.288. The summed E-state index contributed by atoms with van der Waals surface area (Å²) in [7, 11) is 1.46. The van der Waals surface area contributed by atoms with E-state index in [1.54, 1.807) is 6.20 Å². The van der Waals surface area contributed by atoms with Crippen LogP contribution in [-0.4, -0.2) is 24.6 Å². The fraction of sp³-hybridized carbons (Fsp3) is 0.538. The van der Waals surface area contributed by atoms with Crippen LogP contribution in [0.25, 0.3) is 0 Å². The molecule has 0 saturated heterocycles. The van der Waals surface area contributed by atoms with Gasteiger partial charge in [-0.15, -0.1) is 0 Å². The highest BCUT2D eigenvalue weighted by atomic mass is 16.5. The Kier molecular flexibility index (Phi) is 3.74. The van der Waals surface area contributed by atoms with E-state index in [0.717, 1.165) is 25.0 Å². The summed E-state index contributed by atoms with van der Waals surface area (Å²) >= 11 is 0. The van der Waals surface area contributed by atoms with Crippen molar-refractivity contribution in [2.75, 3.05) is 13.7 Å². The first-order valence-electron chi connectivity index (χ1n) is 5.96. The molecule has 1 N–H and O–H groups in total. The Morgan fingerprint density at radius 3 is 2.88 bits per heavy atom. The quantitative estimate of drug-likeness (QED) is 0.785. The molecule has 1 aromatic rings. The van der Waals surface area contributed by atoms with E-state index in [1.165, 1.54) is 7.11 Å². The molecule has 1 aromatic heterocycles. The molecule has 1 fully saturated rings. The van der Waals surface area contributed by atoms with E-state index in [0.29, 0.717) is 13.1 Å². The second-order valence-corrected chi connectivity index (χ2v) is 4.55. The topological polar surface area (TPSA) is 51.2 Å². The molecular weight excluding hydrogens is 216 g/mol. The van der Waals surface area contributed by atoms with Crippen molar-refractivity contribution in [3.63, 3.8) is 0 Å². The van der Waals surface area contributed by atoms with E-state index in [9.17, 15) is 4.79 Å². The SMILES string of the molecule is COC(=O)C1(CNCc2ccccn2)CCC1. The van der Waals surface area contributed by atoms with Crippen LogP contribution in [0.5, 0.6) is 0 Å². The van der Waals surface area contributed by atoms with Crippen molar-refractivity contribution >= 4 is 5.97 Å². The summed E-state index contributed by atoms with van der Waals surface area (Å²) in [5.41, 5.74) is 0.704. The molecule has 0 aromatic carbocycles. The molecular formula is C13H18N2O2. The molecule has 1 saturated carbocycles. The first-order valence-corrected chi connectivity index (χ1v) is 5.96. The number of pyridine rings is 1. The Hall–Kier alpha value is -1.42. The van der Waals surface area contributed by atoms with Crippen molar-refractivity contribution in [1.29, 1.82) is 0 Å². The lowest BCUT2D eigenvalue weighted by Gasteiger charge is -2.38. The average molecular weight is 234 g/mol. The Balaban J connectivity index is 1.83. The van der Waals surface area contributed by atoms with Gasteiger partial charge in [0.1, 0.15) is 0 Å². The van der Waals surface area contributed by atoms with Gasteiger partial charge in [-0.2, -0.15) is 0 Å². The Bertz CT molecular complexity index is 374. The third kappa shape index (κ3) is 2.64. The van der Waals surface area contributed by atoms with E-state index < -0.39 is 0 Å². The summed E-state index contributed by atoms with van der Waals surface area (Å²) in [5.74, 6) is -0.0859. The maximum atomic E-state index is 11.7. The molecule has 1 aliphatic rings. The van der Waals surface area contributed by atoms with Gasteiger partial charge >= 0.3 is 5.97 Å². The van der Waals surface area contributed by atoms with Crippen LogP contribution in [0, 0.1) is 5.41 Å². The van der Waals surface area contributed by atoms with E-state index >= 15 is 0 Å². The zero-order valence-electron chi connectivity index (χ0n) is 10.1. The van der Waals surface area contributed by atoms with Gasteiger partial charge in [0.2, 0.25) is 0 Å². The van der Waals surface area contributed by atoms with Gasteiger partial charge in [0.25, 0.3) is 0 Å². The van der Waals surface area contributed by atoms with Gasteiger partial charge < -0.3 is 10.1 Å². The summed E-state index contributed by atoms with van der Waals surface area (Å²) in [5, 5.41) is 3.30. The molecule has 17 heavy (non-hydrogen) atoms. The van der Waals surface area contributed by atoms with E-state index in [-0.39, 0.29) is 11.4 Å². The smallest absolute Gasteiger partial charge is 0.313 e. The Morgan fingerprint density at radius 2 is 2.35 bits per heavy atom. The number of nitrogens with zero attached hydrogens (tertiary/aromatic N) is 1. The van der Waals surface area contributed by atoms with Crippen LogP contribution in [-0.2, 0) is 16.1 Å². The van der Waals surface area contributed by atoms with Gasteiger partial charge in [-0.25, -0.2) is 0 Å². The molecule has 1 aliphatic carbocycles. The highest BCUT2D eigenvalue weighted by molar-refractivity contribution is 5.78. The summed E-state index contributed by atoms with van der Waals surface area (Å²) in [4.78, 5) is 15.9. The Labute approximate surface area is 101 Å². The second-order valence-electron chi connectivity index (χ2n) is 4.55. The van der Waals surface area contributed by atoms with Crippen molar-refractivity contribution < 1.29 is 9.53 Å². The number of aromatic nitrogens is 1. The molecule has 0 atom stereocenters. The normalized spacial score (nSPS) is 17.2. The lowest BCUT2D eigenvalue weighted by molar-refractivity contribution is -0.158. The molecule has 0 bridgehead atoms. The molecule has 0 unspecified atom stereocenters. The fourth-order valence-corrected chi connectivity index (χ4v) is 2.21. The third-order valence-electron chi connectivity index (χ3n) is 3.42. The lowest BCUT2D eigenvalue weighted by Crippen LogP contribution is -2.46. The number of carbonyl (C=O) groups excluding carboxylic acids is 1. The largest absolute Gasteiger partial charge is 0.469 e. The van der Waals surface area contributed by atoms with Gasteiger partial charge in [-0.1, -0.05) is 12.5 Å². The minimum Gasteiger partial charge on any atom is -0.469 e. The van der Waals surface area contributed by atoms with Gasteiger partial charge in [0.15, 0.2) is 0 Å². The summed E-state index contributed by atoms with van der Waals surface area (Å²) < 4.78 is 4.87. The molecule has 0 amide bonds. The number of hydrogen-bond acceptors (Lipinski definition) is 4. The molecule has 2 rings (SSSR count). The second kappa shape index (κ2) is 5.27. The van der Waals surface area contributed by atoms with Crippen LogP contribution in [0.1, 0.15) is 25.0 Å². The minimum absolute atomic E-state index is 0.0859. The molecule has 4 nitrogen and oxygen atoms in total. The van der Waals surface area contributed by atoms with Crippen molar-refractivity contribution in [1.82, 2.24) is 10.3 Å². The van der Waals surface area contributed by atoms with E-state index in [1.807, 2.05) is 18.2 Å². The zero-order chi connectivity index (χ0) is 12.1. The molecule has 0 spiro atoms. The molecule has 0 aliphatic heterocycles. The first kappa shape index (κ1) is 12.0. The zero-order valence-corrected chi connectivity index (χ0v) is 10.1. The van der Waals surface area contributed by atoms with Crippen LogP contribution in [0.15, 0.2) is 24.4 Å². The fourth-order valence-electron chi connectivity index (χ4n) is 2.21. The number of hydrogen-bond donors (Lipinski definition) is 1. The summed E-state index contributed by atoms with van der Waals surface area (Å²) in [6.07, 6.45) is 4.74. The lowest BCUT2D eigenvalue weighted by atomic mass is 9.68. The van der Waals surface area contributed by atoms with Crippen LogP contribution < -0.4 is 5.32 Å². The first-order chi connectivity index (χ1) is 8.27. The van der Waals surface area contributed by atoms with Gasteiger partial charge in [0.05, 0.1) is 18.2 Å².